The highest BCUT2D eigenvalue weighted by Crippen LogP contribution is 2.33. The van der Waals surface area contributed by atoms with Gasteiger partial charge in [0, 0.05) is 55.1 Å². The van der Waals surface area contributed by atoms with Gasteiger partial charge in [-0.2, -0.15) is 0 Å². The summed E-state index contributed by atoms with van der Waals surface area (Å²) in [6.45, 7) is 5.88. The van der Waals surface area contributed by atoms with Crippen molar-refractivity contribution < 1.29 is 42.8 Å². The zero-order chi connectivity index (χ0) is 41.5. The van der Waals surface area contributed by atoms with Crippen LogP contribution in [0.15, 0.2) is 79.0 Å². The highest BCUT2D eigenvalue weighted by Gasteiger charge is 2.39. The van der Waals surface area contributed by atoms with E-state index in [2.05, 4.69) is 57.3 Å². The number of fused-ring (bicyclic) bond motifs is 2. The monoisotopic (exact) mass is 838 g/mol. The Kier molecular flexibility index (Phi) is 15.4. The number of amides is 3. The molecule has 60 heavy (non-hydrogen) atoms. The smallest absolute Gasteiger partial charge is 0.255 e. The van der Waals surface area contributed by atoms with Crippen molar-refractivity contribution in [1.29, 1.82) is 0 Å². The molecule has 2 aliphatic rings. The zero-order valence-electron chi connectivity index (χ0n) is 33.6. The van der Waals surface area contributed by atoms with E-state index in [-0.39, 0.29) is 18.2 Å². The van der Waals surface area contributed by atoms with Gasteiger partial charge in [-0.3, -0.25) is 19.7 Å². The van der Waals surface area contributed by atoms with Gasteiger partial charge in [-0.25, -0.2) is 9.97 Å². The van der Waals surface area contributed by atoms with Crippen LogP contribution in [0.3, 0.4) is 0 Å². The molecule has 2 aromatic heterocycles. The summed E-state index contributed by atoms with van der Waals surface area (Å²) in [5.41, 5.74) is 6.66. The molecule has 1 unspecified atom stereocenters. The molecule has 1 fully saturated rings. The van der Waals surface area contributed by atoms with E-state index in [1.165, 1.54) is 4.90 Å². The minimum Gasteiger partial charge on any atom is -0.491 e. The molecule has 4 heterocycles. The van der Waals surface area contributed by atoms with Crippen LogP contribution in [-0.2, 0) is 39.8 Å². The van der Waals surface area contributed by atoms with Gasteiger partial charge in [-0.05, 0) is 66.1 Å². The second-order valence-electron chi connectivity index (χ2n) is 14.0. The summed E-state index contributed by atoms with van der Waals surface area (Å²) in [4.78, 5) is 47.5. The standard InChI is InChI=1S/C44H50N6O9S/c1-45-34-7-10-37-39(27-34)60-43(48-37)31-4-2-30(3-5-31)32-6-12-40(47-28-32)46-14-15-54-16-17-55-18-19-56-20-21-57-22-23-58-24-25-59-35-8-9-36-33(26-35)29-50(44(36)53)38-11-13-41(51)49-42(38)52/h2-10,12,26-28,38,45H,11,13-25,29H2,1H3,(H,46,47)(H,49,51,52). The maximum atomic E-state index is 12.8. The Morgan fingerprint density at radius 2 is 1.42 bits per heavy atom. The Labute approximate surface area is 352 Å². The van der Waals surface area contributed by atoms with Gasteiger partial charge in [0.05, 0.1) is 76.3 Å². The van der Waals surface area contributed by atoms with E-state index >= 15 is 0 Å². The van der Waals surface area contributed by atoms with Crippen molar-refractivity contribution >= 4 is 50.8 Å². The first-order valence-electron chi connectivity index (χ1n) is 20.1. The zero-order valence-corrected chi connectivity index (χ0v) is 34.4. The summed E-state index contributed by atoms with van der Waals surface area (Å²) >= 11 is 1.69. The summed E-state index contributed by atoms with van der Waals surface area (Å²) < 4.78 is 34.9. The molecular formula is C44H50N6O9S. The van der Waals surface area contributed by atoms with Crippen LogP contribution in [0.5, 0.6) is 5.75 Å². The third kappa shape index (κ3) is 11.6. The van der Waals surface area contributed by atoms with E-state index in [1.54, 1.807) is 23.5 Å². The van der Waals surface area contributed by atoms with Crippen LogP contribution in [0.1, 0.15) is 28.8 Å². The van der Waals surface area contributed by atoms with Crippen molar-refractivity contribution in [3.63, 3.8) is 0 Å². The van der Waals surface area contributed by atoms with Gasteiger partial charge in [0.25, 0.3) is 5.91 Å². The van der Waals surface area contributed by atoms with Gasteiger partial charge in [0.2, 0.25) is 11.8 Å². The van der Waals surface area contributed by atoms with Crippen LogP contribution in [0.4, 0.5) is 11.5 Å². The minimum absolute atomic E-state index is 0.211. The van der Waals surface area contributed by atoms with E-state index in [4.69, 9.17) is 33.4 Å². The number of thiazole rings is 1. The summed E-state index contributed by atoms with van der Waals surface area (Å²) in [6.07, 6.45) is 2.42. The summed E-state index contributed by atoms with van der Waals surface area (Å²) in [7, 11) is 1.92. The lowest BCUT2D eigenvalue weighted by molar-refractivity contribution is -0.136. The van der Waals surface area contributed by atoms with Crippen LogP contribution in [0.2, 0.25) is 0 Å². The Hall–Kier alpha value is -5.49. The van der Waals surface area contributed by atoms with Crippen molar-refractivity contribution in [2.75, 3.05) is 96.9 Å². The fraction of sp³-hybridized carbons (Fsp3) is 0.386. The Balaban J connectivity index is 0.647. The second kappa shape index (κ2) is 21.7. The molecule has 0 radical (unpaired) electrons. The van der Waals surface area contributed by atoms with Crippen molar-refractivity contribution in [3.8, 4) is 27.4 Å². The largest absolute Gasteiger partial charge is 0.491 e. The van der Waals surface area contributed by atoms with Crippen LogP contribution >= 0.6 is 11.3 Å². The molecule has 0 saturated carbocycles. The van der Waals surface area contributed by atoms with E-state index in [0.29, 0.717) is 103 Å². The summed E-state index contributed by atoms with van der Waals surface area (Å²) in [6, 6.07) is 23.3. The maximum Gasteiger partial charge on any atom is 0.255 e. The topological polar surface area (TPSA) is 172 Å². The highest BCUT2D eigenvalue weighted by atomic mass is 32.1. The first-order valence-corrected chi connectivity index (χ1v) is 20.9. The number of piperidine rings is 1. The van der Waals surface area contributed by atoms with E-state index < -0.39 is 11.9 Å². The van der Waals surface area contributed by atoms with Gasteiger partial charge >= 0.3 is 0 Å². The number of benzene rings is 3. The number of carbonyl (C=O) groups excluding carboxylic acids is 3. The molecule has 0 bridgehead atoms. The molecular weight excluding hydrogens is 789 g/mol. The predicted molar refractivity (Wildman–Crippen MR) is 228 cm³/mol. The molecule has 16 heteroatoms. The number of carbonyl (C=O) groups is 3. The SMILES string of the molecule is CNc1ccc2nc(-c3ccc(-c4ccc(NCCOCCOCCOCCOCCOCCOc5ccc6c(c5)CN(C5CCC(=O)NC5=O)C6=O)nc4)cc3)sc2c1. The average Bonchev–Trinajstić information content (AvgIpc) is 3.84. The molecule has 3 amide bonds. The minimum atomic E-state index is -0.641. The van der Waals surface area contributed by atoms with E-state index in [0.717, 1.165) is 49.0 Å². The second-order valence-corrected chi connectivity index (χ2v) is 15.0. The molecule has 2 aliphatic heterocycles. The van der Waals surface area contributed by atoms with Gasteiger partial charge in [0.15, 0.2) is 0 Å². The molecule has 1 saturated heterocycles. The molecule has 0 spiro atoms. The molecule has 0 aliphatic carbocycles. The number of ether oxygens (including phenoxy) is 6. The quantitative estimate of drug-likeness (QED) is 0.0534. The number of hydrogen-bond donors (Lipinski definition) is 3. The molecule has 15 nitrogen and oxygen atoms in total. The third-order valence-corrected chi connectivity index (χ3v) is 11.0. The summed E-state index contributed by atoms with van der Waals surface area (Å²) in [5.74, 6) is 0.466. The Bertz CT molecular complexity index is 2200. The Morgan fingerprint density at radius 3 is 2.08 bits per heavy atom. The number of anilines is 2. The molecule has 316 valence electrons. The number of nitrogens with one attached hydrogen (secondary N) is 3. The van der Waals surface area contributed by atoms with Crippen LogP contribution in [0.25, 0.3) is 31.9 Å². The maximum absolute atomic E-state index is 12.8. The molecule has 5 aromatic rings. The summed E-state index contributed by atoms with van der Waals surface area (Å²) in [5, 5.41) is 9.79. The van der Waals surface area contributed by atoms with Gasteiger partial charge in [-0.15, -0.1) is 11.3 Å². The van der Waals surface area contributed by atoms with Crippen molar-refractivity contribution in [1.82, 2.24) is 20.2 Å². The fourth-order valence-corrected chi connectivity index (χ4v) is 7.78. The molecule has 1 atom stereocenters. The number of hydrogen-bond acceptors (Lipinski definition) is 14. The molecule has 3 aromatic carbocycles. The lowest BCUT2D eigenvalue weighted by Crippen LogP contribution is -2.52. The number of pyridine rings is 1. The lowest BCUT2D eigenvalue weighted by atomic mass is 10.0. The predicted octanol–water partition coefficient (Wildman–Crippen LogP) is 5.40. The Morgan fingerprint density at radius 1 is 0.750 bits per heavy atom. The van der Waals surface area contributed by atoms with Crippen molar-refractivity contribution in [2.45, 2.75) is 25.4 Å². The van der Waals surface area contributed by atoms with E-state index in [9.17, 15) is 14.4 Å². The van der Waals surface area contributed by atoms with Crippen LogP contribution in [-0.4, -0.2) is 125 Å². The van der Waals surface area contributed by atoms with Gasteiger partial charge < -0.3 is 44.0 Å². The number of aromatic nitrogens is 2. The van der Waals surface area contributed by atoms with Gasteiger partial charge in [0.1, 0.15) is 29.2 Å². The number of imide groups is 1. The highest BCUT2D eigenvalue weighted by molar-refractivity contribution is 7.21. The number of nitrogens with zero attached hydrogens (tertiary/aromatic N) is 3. The number of rotatable bonds is 24. The van der Waals surface area contributed by atoms with Crippen molar-refractivity contribution in [2.24, 2.45) is 0 Å². The average molecular weight is 839 g/mol. The fourth-order valence-electron chi connectivity index (χ4n) is 6.77. The lowest BCUT2D eigenvalue weighted by Gasteiger charge is -2.29. The van der Waals surface area contributed by atoms with Crippen LogP contribution in [0, 0.1) is 0 Å². The molecule has 3 N–H and O–H groups in total. The van der Waals surface area contributed by atoms with Crippen LogP contribution < -0.4 is 20.7 Å². The first-order chi connectivity index (χ1) is 29.4. The van der Waals surface area contributed by atoms with Gasteiger partial charge in [-0.1, -0.05) is 24.3 Å². The van der Waals surface area contributed by atoms with E-state index in [1.807, 2.05) is 37.5 Å². The first kappa shape index (κ1) is 42.6. The normalized spacial score (nSPS) is 15.1. The van der Waals surface area contributed by atoms with Crippen molar-refractivity contribution in [3.05, 3.63) is 90.1 Å². The third-order valence-electron chi connectivity index (χ3n) is 9.94. The molecule has 7 rings (SSSR count).